The van der Waals surface area contributed by atoms with Crippen molar-refractivity contribution in [2.24, 2.45) is 0 Å². The number of ether oxygens (including phenoxy) is 1. The van der Waals surface area contributed by atoms with E-state index in [2.05, 4.69) is 91.8 Å². The van der Waals surface area contributed by atoms with E-state index in [1.807, 2.05) is 0 Å². The molecule has 3 atom stereocenters. The molecule has 46 heavy (non-hydrogen) atoms. The largest absolute Gasteiger partial charge is 0.491 e. The van der Waals surface area contributed by atoms with Crippen molar-refractivity contribution in [1.82, 2.24) is 4.90 Å². The minimum atomic E-state index is -0.970. The van der Waals surface area contributed by atoms with Crippen LogP contribution in [-0.2, 0) is 6.42 Å². The Labute approximate surface area is 273 Å². The van der Waals surface area contributed by atoms with Gasteiger partial charge >= 0.3 is 5.97 Å². The van der Waals surface area contributed by atoms with Crippen molar-refractivity contribution >= 4 is 17.3 Å². The van der Waals surface area contributed by atoms with Gasteiger partial charge in [-0.05, 0) is 104 Å². The van der Waals surface area contributed by atoms with Crippen LogP contribution in [0, 0.1) is 6.92 Å². The highest BCUT2D eigenvalue weighted by Gasteiger charge is 2.35. The minimum absolute atomic E-state index is 0.0783. The number of nitrogens with one attached hydrogen (secondary N) is 2. The number of carbonyl (C=O) groups is 1. The first kappa shape index (κ1) is 33.1. The summed E-state index contributed by atoms with van der Waals surface area (Å²) < 4.78 is 21.0. The van der Waals surface area contributed by atoms with Gasteiger partial charge in [-0.25, -0.2) is 9.18 Å². The Morgan fingerprint density at radius 2 is 1.80 bits per heavy atom. The second-order valence-corrected chi connectivity index (χ2v) is 12.7. The van der Waals surface area contributed by atoms with E-state index < -0.39 is 12.1 Å². The number of rotatable bonds is 14. The number of hydrogen-bond acceptors (Lipinski definition) is 5. The smallest absolute Gasteiger partial charge is 0.335 e. The maximum absolute atomic E-state index is 14.9. The Morgan fingerprint density at radius 1 is 1.07 bits per heavy atom. The van der Waals surface area contributed by atoms with Crippen molar-refractivity contribution in [3.05, 3.63) is 112 Å². The molecule has 3 unspecified atom stereocenters. The van der Waals surface area contributed by atoms with Crippen LogP contribution < -0.4 is 15.4 Å². The fourth-order valence-electron chi connectivity index (χ4n) is 6.36. The Kier molecular flexibility index (Phi) is 11.1. The predicted octanol–water partition coefficient (Wildman–Crippen LogP) is 9.45. The van der Waals surface area contributed by atoms with E-state index >= 15 is 0 Å². The third kappa shape index (κ3) is 8.11. The first-order chi connectivity index (χ1) is 22.2. The summed E-state index contributed by atoms with van der Waals surface area (Å²) in [6, 6.07) is 21.4. The summed E-state index contributed by atoms with van der Waals surface area (Å²) in [5, 5.41) is 16.5. The average Bonchev–Trinajstić information content (AvgIpc) is 3.40. The van der Waals surface area contributed by atoms with E-state index in [-0.39, 0.29) is 11.6 Å². The van der Waals surface area contributed by atoms with E-state index in [1.54, 1.807) is 12.1 Å². The molecule has 0 spiro atoms. The molecule has 244 valence electrons. The number of halogens is 1. The molecule has 1 aliphatic heterocycles. The summed E-state index contributed by atoms with van der Waals surface area (Å²) in [6.07, 6.45) is 7.72. The Hall–Kier alpha value is -4.26. The first-order valence-corrected chi connectivity index (χ1v) is 16.8. The highest BCUT2D eigenvalue weighted by Crippen LogP contribution is 2.37. The van der Waals surface area contributed by atoms with Gasteiger partial charge in [0.05, 0.1) is 11.6 Å². The number of alkyl halides is 1. The van der Waals surface area contributed by atoms with Gasteiger partial charge in [-0.15, -0.1) is 0 Å². The molecule has 0 aromatic heterocycles. The Morgan fingerprint density at radius 3 is 2.46 bits per heavy atom. The number of para-hydroxylation sites is 1. The highest BCUT2D eigenvalue weighted by molar-refractivity contribution is 5.87. The molecular formula is C39H48FN3O3. The fraction of sp³-hybridized carbons (Fsp3) is 0.410. The number of likely N-dealkylation sites (tertiary alicyclic amines) is 1. The number of benzene rings is 3. The molecule has 3 aromatic carbocycles. The zero-order valence-corrected chi connectivity index (χ0v) is 27.6. The number of allylic oxidation sites excluding steroid dienone is 3. The first-order valence-electron chi connectivity index (χ1n) is 16.8. The molecular weight excluding hydrogens is 577 g/mol. The molecule has 1 saturated heterocycles. The topological polar surface area (TPSA) is 73.8 Å². The van der Waals surface area contributed by atoms with E-state index in [1.165, 1.54) is 41.0 Å². The van der Waals surface area contributed by atoms with Gasteiger partial charge in [0.2, 0.25) is 0 Å². The van der Waals surface area contributed by atoms with Gasteiger partial charge in [-0.2, -0.15) is 0 Å². The molecule has 2 aliphatic rings. The molecule has 3 N–H and O–H groups in total. The van der Waals surface area contributed by atoms with Crippen LogP contribution in [0.25, 0.3) is 0 Å². The zero-order valence-electron chi connectivity index (χ0n) is 27.6. The summed E-state index contributed by atoms with van der Waals surface area (Å²) >= 11 is 0. The molecule has 6 nitrogen and oxygen atoms in total. The third-order valence-corrected chi connectivity index (χ3v) is 9.33. The lowest BCUT2D eigenvalue weighted by Gasteiger charge is -2.34. The SMILES string of the molecule is CC/C=C(/Nc1ccc(CC(=C2CCC2)N2CC(F)CC2COc2ccc(C(=O)O)cc2)cc1C)Nc1ccccc1C(C)CC. The molecule has 1 saturated carbocycles. The number of aryl methyl sites for hydroxylation is 1. The molecule has 0 radical (unpaired) electrons. The summed E-state index contributed by atoms with van der Waals surface area (Å²) in [6.45, 7) is 9.49. The van der Waals surface area contributed by atoms with Crippen molar-refractivity contribution in [2.45, 2.75) is 90.8 Å². The number of carboxylic acids is 1. The van der Waals surface area contributed by atoms with Gasteiger partial charge in [-0.3, -0.25) is 0 Å². The van der Waals surface area contributed by atoms with Gasteiger partial charge in [0, 0.05) is 36.5 Å². The quantitative estimate of drug-likeness (QED) is 0.166. The van der Waals surface area contributed by atoms with Crippen molar-refractivity contribution in [3.8, 4) is 5.75 Å². The van der Waals surface area contributed by atoms with Crippen LogP contribution in [-0.4, -0.2) is 41.3 Å². The maximum Gasteiger partial charge on any atom is 0.335 e. The molecule has 3 aromatic rings. The molecule has 0 bridgehead atoms. The number of aromatic carboxylic acids is 1. The van der Waals surface area contributed by atoms with Gasteiger partial charge < -0.3 is 25.4 Å². The second-order valence-electron chi connectivity index (χ2n) is 12.7. The fourth-order valence-corrected chi connectivity index (χ4v) is 6.36. The monoisotopic (exact) mass is 625 g/mol. The third-order valence-electron chi connectivity index (χ3n) is 9.33. The van der Waals surface area contributed by atoms with Crippen LogP contribution >= 0.6 is 0 Å². The van der Waals surface area contributed by atoms with Crippen LogP contribution in [0.5, 0.6) is 5.75 Å². The maximum atomic E-state index is 14.9. The Bertz CT molecular complexity index is 1560. The van der Waals surface area contributed by atoms with Gasteiger partial charge in [0.25, 0.3) is 0 Å². The predicted molar refractivity (Wildman–Crippen MR) is 185 cm³/mol. The van der Waals surface area contributed by atoms with Gasteiger partial charge in [0.15, 0.2) is 0 Å². The normalized spacial score (nSPS) is 18.6. The van der Waals surface area contributed by atoms with E-state index in [0.717, 1.165) is 54.9 Å². The molecule has 0 amide bonds. The lowest BCUT2D eigenvalue weighted by atomic mass is 9.87. The molecule has 2 fully saturated rings. The van der Waals surface area contributed by atoms with Crippen LogP contribution in [0.15, 0.2) is 89.9 Å². The van der Waals surface area contributed by atoms with Gasteiger partial charge in [0.1, 0.15) is 24.3 Å². The average molecular weight is 626 g/mol. The molecule has 1 aliphatic carbocycles. The minimum Gasteiger partial charge on any atom is -0.491 e. The van der Waals surface area contributed by atoms with E-state index in [9.17, 15) is 14.3 Å². The summed E-state index contributed by atoms with van der Waals surface area (Å²) in [5.74, 6) is 1.06. The Balaban J connectivity index is 1.29. The van der Waals surface area contributed by atoms with E-state index in [4.69, 9.17) is 4.74 Å². The summed E-state index contributed by atoms with van der Waals surface area (Å²) in [5.41, 5.74) is 8.73. The molecule has 7 heteroatoms. The number of anilines is 2. The van der Waals surface area contributed by atoms with Crippen LogP contribution in [0.1, 0.15) is 92.3 Å². The van der Waals surface area contributed by atoms with Crippen molar-refractivity contribution < 1.29 is 19.0 Å². The van der Waals surface area contributed by atoms with Crippen molar-refractivity contribution in [1.29, 1.82) is 0 Å². The van der Waals surface area contributed by atoms with Crippen LogP contribution in [0.2, 0.25) is 0 Å². The van der Waals surface area contributed by atoms with Crippen LogP contribution in [0.4, 0.5) is 15.8 Å². The number of hydrogen-bond donors (Lipinski definition) is 3. The lowest BCUT2D eigenvalue weighted by molar-refractivity contribution is 0.0696. The standard InChI is InChI=1S/C39H48FN3O3/c1-5-10-38(42-36-14-8-7-13-34(36)26(3)6-2)41-35-20-15-28(21-27(35)4)22-37(29-11-9-12-29)43-24-31(40)23-32(43)25-46-33-18-16-30(17-19-33)39(44)45/h7-8,10,13-21,26,31-32,41-42H,5-6,9,11-12,22-25H2,1-4H3,(H,44,45)/b38-10-. The zero-order chi connectivity index (χ0) is 32.6. The van der Waals surface area contributed by atoms with Crippen molar-refractivity contribution in [2.75, 3.05) is 23.8 Å². The summed E-state index contributed by atoms with van der Waals surface area (Å²) in [7, 11) is 0. The van der Waals surface area contributed by atoms with Crippen molar-refractivity contribution in [3.63, 3.8) is 0 Å². The number of nitrogens with zero attached hydrogens (tertiary/aromatic N) is 1. The van der Waals surface area contributed by atoms with Gasteiger partial charge in [-0.1, -0.05) is 56.7 Å². The highest BCUT2D eigenvalue weighted by atomic mass is 19.1. The lowest BCUT2D eigenvalue weighted by Crippen LogP contribution is -2.36. The second kappa shape index (κ2) is 15.4. The molecule has 1 heterocycles. The van der Waals surface area contributed by atoms with Crippen LogP contribution in [0.3, 0.4) is 0 Å². The summed E-state index contributed by atoms with van der Waals surface area (Å²) in [4.78, 5) is 13.4. The van der Waals surface area contributed by atoms with E-state index in [0.29, 0.717) is 31.2 Å². The molecule has 5 rings (SSSR count). The number of carboxylic acid groups (broad SMARTS) is 1.